The highest BCUT2D eigenvalue weighted by molar-refractivity contribution is 5.44. The molecule has 0 bridgehead atoms. The van der Waals surface area contributed by atoms with Gasteiger partial charge in [0, 0.05) is 24.5 Å². The van der Waals surface area contributed by atoms with Gasteiger partial charge in [0.25, 0.3) is 0 Å². The van der Waals surface area contributed by atoms with Crippen LogP contribution in [0.1, 0.15) is 11.4 Å². The molecule has 1 N–H and O–H groups in total. The van der Waals surface area contributed by atoms with Crippen molar-refractivity contribution in [2.45, 2.75) is 13.5 Å². The van der Waals surface area contributed by atoms with E-state index in [1.54, 1.807) is 18.7 Å². The lowest BCUT2D eigenvalue weighted by atomic mass is 10.3. The predicted octanol–water partition coefficient (Wildman–Crippen LogP) is 2.78. The predicted molar refractivity (Wildman–Crippen MR) is 72.1 cm³/mol. The lowest BCUT2D eigenvalue weighted by Gasteiger charge is -2.07. The Morgan fingerprint density at radius 2 is 2.21 bits per heavy atom. The Labute approximate surface area is 110 Å². The Bertz CT molecular complexity index is 640. The van der Waals surface area contributed by atoms with Crippen LogP contribution >= 0.6 is 0 Å². The molecule has 0 aliphatic heterocycles. The van der Waals surface area contributed by atoms with E-state index in [0.29, 0.717) is 0 Å². The highest BCUT2D eigenvalue weighted by Gasteiger charge is 2.02. The SMILES string of the molecule is Cc1nccn1-c1ccc(NCc2ccoc2)cn1. The fourth-order valence-electron chi connectivity index (χ4n) is 1.85. The van der Waals surface area contributed by atoms with E-state index in [-0.39, 0.29) is 0 Å². The van der Waals surface area contributed by atoms with Gasteiger partial charge in [-0.2, -0.15) is 0 Å². The number of aromatic nitrogens is 3. The Hall–Kier alpha value is -2.56. The number of pyridine rings is 1. The number of hydrogen-bond acceptors (Lipinski definition) is 4. The molecule has 3 aromatic heterocycles. The smallest absolute Gasteiger partial charge is 0.138 e. The minimum absolute atomic E-state index is 0.724. The third-order valence-electron chi connectivity index (χ3n) is 2.90. The van der Waals surface area contributed by atoms with Gasteiger partial charge in [-0.3, -0.25) is 4.57 Å². The number of rotatable bonds is 4. The molecule has 5 heteroatoms. The number of anilines is 1. The standard InChI is InChI=1S/C14H14N4O/c1-11-15-5-6-18(11)14-3-2-13(9-17-14)16-8-12-4-7-19-10-12/h2-7,9-10,16H,8H2,1H3. The van der Waals surface area contributed by atoms with Crippen LogP contribution < -0.4 is 5.32 Å². The maximum atomic E-state index is 5.02. The van der Waals surface area contributed by atoms with E-state index in [2.05, 4.69) is 15.3 Å². The van der Waals surface area contributed by atoms with Gasteiger partial charge in [0.1, 0.15) is 11.6 Å². The van der Waals surface area contributed by atoms with Crippen LogP contribution in [-0.4, -0.2) is 14.5 Å². The van der Waals surface area contributed by atoms with Gasteiger partial charge >= 0.3 is 0 Å². The molecule has 3 aromatic rings. The van der Waals surface area contributed by atoms with Crippen LogP contribution in [0.15, 0.2) is 53.7 Å². The summed E-state index contributed by atoms with van der Waals surface area (Å²) in [5, 5.41) is 3.29. The van der Waals surface area contributed by atoms with Crippen LogP contribution in [-0.2, 0) is 6.54 Å². The van der Waals surface area contributed by atoms with Gasteiger partial charge in [-0.15, -0.1) is 0 Å². The first kappa shape index (κ1) is 11.5. The fourth-order valence-corrected chi connectivity index (χ4v) is 1.85. The van der Waals surface area contributed by atoms with Gasteiger partial charge < -0.3 is 9.73 Å². The molecule has 0 saturated carbocycles. The third-order valence-corrected chi connectivity index (χ3v) is 2.90. The Kier molecular flexibility index (Phi) is 3.02. The largest absolute Gasteiger partial charge is 0.472 e. The number of aryl methyl sites for hydroxylation is 1. The molecule has 5 nitrogen and oxygen atoms in total. The van der Waals surface area contributed by atoms with Gasteiger partial charge in [-0.05, 0) is 25.1 Å². The van der Waals surface area contributed by atoms with Gasteiger partial charge in [0.2, 0.25) is 0 Å². The molecule has 3 rings (SSSR count). The van der Waals surface area contributed by atoms with E-state index < -0.39 is 0 Å². The average molecular weight is 254 g/mol. The van der Waals surface area contributed by atoms with Gasteiger partial charge in [-0.25, -0.2) is 9.97 Å². The summed E-state index contributed by atoms with van der Waals surface area (Å²) in [6.07, 6.45) is 8.87. The lowest BCUT2D eigenvalue weighted by molar-refractivity contribution is 0.564. The highest BCUT2D eigenvalue weighted by Crippen LogP contribution is 2.12. The van der Waals surface area contributed by atoms with Gasteiger partial charge in [0.05, 0.1) is 24.4 Å². The van der Waals surface area contributed by atoms with E-state index in [0.717, 1.165) is 29.4 Å². The molecular weight excluding hydrogens is 240 g/mol. The van der Waals surface area contributed by atoms with Crippen molar-refractivity contribution < 1.29 is 4.42 Å². The van der Waals surface area contributed by atoms with Crippen molar-refractivity contribution in [3.8, 4) is 5.82 Å². The van der Waals surface area contributed by atoms with Crippen molar-refractivity contribution in [1.29, 1.82) is 0 Å². The Morgan fingerprint density at radius 3 is 2.84 bits per heavy atom. The molecule has 0 aromatic carbocycles. The van der Waals surface area contributed by atoms with Crippen molar-refractivity contribution in [2.24, 2.45) is 0 Å². The zero-order chi connectivity index (χ0) is 13.1. The topological polar surface area (TPSA) is 55.9 Å². The van der Waals surface area contributed by atoms with Crippen LogP contribution in [0.3, 0.4) is 0 Å². The van der Waals surface area contributed by atoms with Crippen molar-refractivity contribution in [1.82, 2.24) is 14.5 Å². The molecule has 0 unspecified atom stereocenters. The van der Waals surface area contributed by atoms with Crippen LogP contribution in [0.5, 0.6) is 0 Å². The molecule has 0 aliphatic carbocycles. The minimum atomic E-state index is 0.724. The summed E-state index contributed by atoms with van der Waals surface area (Å²) in [5.41, 5.74) is 2.08. The average Bonchev–Trinajstić information content (AvgIpc) is 3.08. The Morgan fingerprint density at radius 1 is 1.26 bits per heavy atom. The van der Waals surface area contributed by atoms with Gasteiger partial charge in [-0.1, -0.05) is 0 Å². The van der Waals surface area contributed by atoms with Crippen molar-refractivity contribution in [3.63, 3.8) is 0 Å². The maximum Gasteiger partial charge on any atom is 0.138 e. The lowest BCUT2D eigenvalue weighted by Crippen LogP contribution is -2.01. The number of imidazole rings is 1. The van der Waals surface area contributed by atoms with E-state index in [1.807, 2.05) is 42.1 Å². The second-order valence-corrected chi connectivity index (χ2v) is 4.23. The van der Waals surface area contributed by atoms with Crippen LogP contribution in [0.4, 0.5) is 5.69 Å². The van der Waals surface area contributed by atoms with Crippen LogP contribution in [0.2, 0.25) is 0 Å². The van der Waals surface area contributed by atoms with Crippen molar-refractivity contribution in [3.05, 3.63) is 60.7 Å². The number of nitrogens with zero attached hydrogens (tertiary/aromatic N) is 3. The molecule has 0 spiro atoms. The third kappa shape index (κ3) is 2.49. The number of hydrogen-bond donors (Lipinski definition) is 1. The summed E-state index contributed by atoms with van der Waals surface area (Å²) >= 11 is 0. The second kappa shape index (κ2) is 4.97. The van der Waals surface area contributed by atoms with E-state index in [1.165, 1.54) is 0 Å². The molecule has 0 radical (unpaired) electrons. The van der Waals surface area contributed by atoms with E-state index >= 15 is 0 Å². The number of furan rings is 1. The minimum Gasteiger partial charge on any atom is -0.472 e. The molecule has 0 amide bonds. The number of nitrogens with one attached hydrogen (secondary N) is 1. The normalized spacial score (nSPS) is 10.6. The summed E-state index contributed by atoms with van der Waals surface area (Å²) in [4.78, 5) is 8.60. The zero-order valence-electron chi connectivity index (χ0n) is 10.6. The summed E-state index contributed by atoms with van der Waals surface area (Å²) in [6, 6.07) is 5.90. The molecular formula is C14H14N4O. The molecule has 0 saturated heterocycles. The molecule has 96 valence electrons. The maximum absolute atomic E-state index is 5.02. The zero-order valence-corrected chi connectivity index (χ0v) is 10.6. The monoisotopic (exact) mass is 254 g/mol. The molecule has 3 heterocycles. The summed E-state index contributed by atoms with van der Waals surface area (Å²) in [5.74, 6) is 1.79. The van der Waals surface area contributed by atoms with Crippen molar-refractivity contribution >= 4 is 5.69 Å². The first-order chi connectivity index (χ1) is 9.33. The second-order valence-electron chi connectivity index (χ2n) is 4.23. The summed E-state index contributed by atoms with van der Waals surface area (Å²) < 4.78 is 6.96. The highest BCUT2D eigenvalue weighted by atomic mass is 16.3. The summed E-state index contributed by atoms with van der Waals surface area (Å²) in [6.45, 7) is 2.67. The summed E-state index contributed by atoms with van der Waals surface area (Å²) in [7, 11) is 0. The fraction of sp³-hybridized carbons (Fsp3) is 0.143. The molecule has 0 atom stereocenters. The first-order valence-corrected chi connectivity index (χ1v) is 6.04. The molecule has 0 fully saturated rings. The quantitative estimate of drug-likeness (QED) is 0.777. The molecule has 0 aliphatic rings. The molecule has 19 heavy (non-hydrogen) atoms. The first-order valence-electron chi connectivity index (χ1n) is 6.04. The van der Waals surface area contributed by atoms with E-state index in [4.69, 9.17) is 4.42 Å². The van der Waals surface area contributed by atoms with Crippen molar-refractivity contribution in [2.75, 3.05) is 5.32 Å². The van der Waals surface area contributed by atoms with Crippen LogP contribution in [0.25, 0.3) is 5.82 Å². The van der Waals surface area contributed by atoms with E-state index in [9.17, 15) is 0 Å². The Balaban J connectivity index is 1.71. The van der Waals surface area contributed by atoms with Crippen LogP contribution in [0, 0.1) is 6.92 Å². The van der Waals surface area contributed by atoms with Gasteiger partial charge in [0.15, 0.2) is 0 Å².